The third kappa shape index (κ3) is 4.61. The largest absolute Gasteiger partial charge is 0.384 e. The molecule has 1 fully saturated rings. The maximum atomic E-state index is 15.5. The first-order valence-corrected chi connectivity index (χ1v) is 12.3. The molecule has 10 heteroatoms. The number of pyridine rings is 1. The van der Waals surface area contributed by atoms with E-state index >= 15 is 8.78 Å². The number of halogens is 3. The lowest BCUT2D eigenvalue weighted by Gasteiger charge is -2.28. The fourth-order valence-corrected chi connectivity index (χ4v) is 4.78. The van der Waals surface area contributed by atoms with E-state index in [4.69, 9.17) is 16.3 Å². The Balaban J connectivity index is 1.50. The van der Waals surface area contributed by atoms with Gasteiger partial charge in [0.2, 0.25) is 0 Å². The van der Waals surface area contributed by atoms with Crippen LogP contribution in [0.1, 0.15) is 13.3 Å². The summed E-state index contributed by atoms with van der Waals surface area (Å²) in [5.74, 6) is -1.33. The second-order valence-corrected chi connectivity index (χ2v) is 9.06. The van der Waals surface area contributed by atoms with Gasteiger partial charge in [0, 0.05) is 60.3 Å². The first-order chi connectivity index (χ1) is 17.5. The van der Waals surface area contributed by atoms with Crippen LogP contribution in [0.15, 0.2) is 48.7 Å². The Bertz CT molecular complexity index is 1260. The molecule has 2 aliphatic heterocycles. The van der Waals surface area contributed by atoms with Crippen LogP contribution in [0.2, 0.25) is 5.02 Å². The molecule has 7 nitrogen and oxygen atoms in total. The summed E-state index contributed by atoms with van der Waals surface area (Å²) >= 11 is 6.27. The van der Waals surface area contributed by atoms with Crippen molar-refractivity contribution in [1.82, 2.24) is 10.3 Å². The van der Waals surface area contributed by atoms with Crippen LogP contribution < -0.4 is 20.4 Å². The lowest BCUT2D eigenvalue weighted by atomic mass is 10.0. The molecule has 3 aromatic rings. The van der Waals surface area contributed by atoms with Crippen LogP contribution in [0.5, 0.6) is 0 Å². The topological polar surface area (TPSA) is 69.7 Å². The molecule has 1 atom stereocenters. The standard InChI is InChI=1S/C26H26ClF2N5O2/c1-2-33-25-20(4-3-8-32-25)19-6-5-16(27)12-23(19)34(26(33)35)24-21(28)13-18(14-22(24)29)31-10-9-30-17-7-11-36-15-17/h3-6,8,12-14,17,30-31H,2,7,9-11,15H2,1H3. The van der Waals surface area contributed by atoms with Crippen molar-refractivity contribution in [1.29, 1.82) is 0 Å². The maximum Gasteiger partial charge on any atom is 0.334 e. The summed E-state index contributed by atoms with van der Waals surface area (Å²) in [6.45, 7) is 4.53. The van der Waals surface area contributed by atoms with Gasteiger partial charge in [-0.25, -0.2) is 18.6 Å². The fourth-order valence-electron chi connectivity index (χ4n) is 4.62. The molecule has 188 valence electrons. The van der Waals surface area contributed by atoms with Crippen LogP contribution in [0, 0.1) is 11.6 Å². The van der Waals surface area contributed by atoms with E-state index in [0.29, 0.717) is 47.7 Å². The third-order valence-electron chi connectivity index (χ3n) is 6.33. The van der Waals surface area contributed by atoms with Gasteiger partial charge in [-0.2, -0.15) is 0 Å². The molecule has 0 spiro atoms. The molecule has 3 heterocycles. The third-order valence-corrected chi connectivity index (χ3v) is 6.56. The zero-order chi connectivity index (χ0) is 25.2. The second kappa shape index (κ2) is 10.4. The zero-order valence-electron chi connectivity index (χ0n) is 19.7. The molecule has 2 aromatic carbocycles. The number of urea groups is 1. The summed E-state index contributed by atoms with van der Waals surface area (Å²) in [4.78, 5) is 20.6. The summed E-state index contributed by atoms with van der Waals surface area (Å²) in [6, 6.07) is 10.6. The highest BCUT2D eigenvalue weighted by Crippen LogP contribution is 2.45. The van der Waals surface area contributed by atoms with E-state index in [-0.39, 0.29) is 17.9 Å². The quantitative estimate of drug-likeness (QED) is 0.404. The lowest BCUT2D eigenvalue weighted by Crippen LogP contribution is -2.41. The van der Waals surface area contributed by atoms with Crippen LogP contribution in [0.4, 0.5) is 36.5 Å². The second-order valence-electron chi connectivity index (χ2n) is 8.63. The lowest BCUT2D eigenvalue weighted by molar-refractivity contribution is 0.190. The summed E-state index contributed by atoms with van der Waals surface area (Å²) < 4.78 is 36.4. The van der Waals surface area contributed by atoms with E-state index < -0.39 is 23.4 Å². The van der Waals surface area contributed by atoms with E-state index in [2.05, 4.69) is 15.6 Å². The monoisotopic (exact) mass is 513 g/mol. The Hall–Kier alpha value is -3.27. The predicted octanol–water partition coefficient (Wildman–Crippen LogP) is 5.57. The molecule has 36 heavy (non-hydrogen) atoms. The van der Waals surface area contributed by atoms with Crippen LogP contribution >= 0.6 is 11.6 Å². The van der Waals surface area contributed by atoms with E-state index in [1.807, 2.05) is 6.07 Å². The number of nitrogens with zero attached hydrogens (tertiary/aromatic N) is 3. The molecule has 0 radical (unpaired) electrons. The normalized spacial score (nSPS) is 17.1. The molecule has 2 aliphatic rings. The van der Waals surface area contributed by atoms with Crippen molar-refractivity contribution in [3.05, 3.63) is 65.3 Å². The van der Waals surface area contributed by atoms with Crippen molar-refractivity contribution < 1.29 is 18.3 Å². The molecule has 1 aromatic heterocycles. The molecule has 0 bridgehead atoms. The smallest absolute Gasteiger partial charge is 0.334 e. The number of aromatic nitrogens is 1. The van der Waals surface area contributed by atoms with Crippen molar-refractivity contribution in [3.8, 4) is 11.1 Å². The van der Waals surface area contributed by atoms with Crippen molar-refractivity contribution in [2.24, 2.45) is 0 Å². The number of anilines is 4. The molecular formula is C26H26ClF2N5O2. The van der Waals surface area contributed by atoms with Crippen molar-refractivity contribution in [2.75, 3.05) is 48.0 Å². The van der Waals surface area contributed by atoms with Crippen LogP contribution in [-0.4, -0.2) is 49.9 Å². The van der Waals surface area contributed by atoms with Gasteiger partial charge in [-0.05, 0) is 49.7 Å². The molecular weight excluding hydrogens is 488 g/mol. The van der Waals surface area contributed by atoms with Gasteiger partial charge in [-0.1, -0.05) is 17.7 Å². The Morgan fingerprint density at radius 1 is 1.14 bits per heavy atom. The van der Waals surface area contributed by atoms with Gasteiger partial charge in [-0.15, -0.1) is 0 Å². The summed E-state index contributed by atoms with van der Waals surface area (Å²) in [6.07, 6.45) is 2.53. The molecule has 2 amide bonds. The average Bonchev–Trinajstić information content (AvgIpc) is 3.35. The van der Waals surface area contributed by atoms with Crippen molar-refractivity contribution >= 4 is 40.5 Å². The van der Waals surface area contributed by atoms with Crippen molar-refractivity contribution in [3.63, 3.8) is 0 Å². The van der Waals surface area contributed by atoms with E-state index in [1.165, 1.54) is 23.1 Å². The number of fused-ring (bicyclic) bond motifs is 3. The number of hydrogen-bond acceptors (Lipinski definition) is 5. The van der Waals surface area contributed by atoms with E-state index in [1.54, 1.807) is 31.3 Å². The number of benzene rings is 2. The minimum atomic E-state index is -0.871. The highest BCUT2D eigenvalue weighted by Gasteiger charge is 2.36. The molecule has 0 saturated carbocycles. The number of hydrogen-bond donors (Lipinski definition) is 2. The van der Waals surface area contributed by atoms with Gasteiger partial charge in [0.15, 0.2) is 11.6 Å². The molecule has 1 unspecified atom stereocenters. The Morgan fingerprint density at radius 3 is 2.67 bits per heavy atom. The number of ether oxygens (including phenoxy) is 1. The SMILES string of the molecule is CCN1C(=O)N(c2c(F)cc(NCCNC3CCOC3)cc2F)c2cc(Cl)ccc2-c2cccnc21. The highest BCUT2D eigenvalue weighted by atomic mass is 35.5. The Labute approximate surface area is 213 Å². The Kier molecular flexibility index (Phi) is 7.04. The average molecular weight is 514 g/mol. The van der Waals surface area contributed by atoms with Crippen LogP contribution in [-0.2, 0) is 4.74 Å². The minimum absolute atomic E-state index is 0.253. The maximum absolute atomic E-state index is 15.5. The minimum Gasteiger partial charge on any atom is -0.384 e. The number of amides is 2. The number of carbonyl (C=O) groups excluding carboxylic acids is 1. The summed E-state index contributed by atoms with van der Waals surface area (Å²) in [7, 11) is 0. The van der Waals surface area contributed by atoms with Gasteiger partial charge in [0.1, 0.15) is 11.5 Å². The predicted molar refractivity (Wildman–Crippen MR) is 137 cm³/mol. The fraction of sp³-hybridized carbons (Fsp3) is 0.308. The van der Waals surface area contributed by atoms with Crippen LogP contribution in [0.3, 0.4) is 0 Å². The van der Waals surface area contributed by atoms with Crippen LogP contribution in [0.25, 0.3) is 11.1 Å². The van der Waals surface area contributed by atoms with Gasteiger partial charge in [0.25, 0.3) is 0 Å². The Morgan fingerprint density at radius 2 is 1.94 bits per heavy atom. The van der Waals surface area contributed by atoms with Gasteiger partial charge >= 0.3 is 6.03 Å². The van der Waals surface area contributed by atoms with Crippen molar-refractivity contribution in [2.45, 2.75) is 19.4 Å². The summed E-state index contributed by atoms with van der Waals surface area (Å²) in [5.41, 5.74) is 1.35. The highest BCUT2D eigenvalue weighted by molar-refractivity contribution is 6.31. The number of carbonyl (C=O) groups is 1. The number of nitrogens with one attached hydrogen (secondary N) is 2. The summed E-state index contributed by atoms with van der Waals surface area (Å²) in [5, 5.41) is 6.71. The zero-order valence-corrected chi connectivity index (χ0v) is 20.5. The molecule has 1 saturated heterocycles. The molecule has 0 aliphatic carbocycles. The van der Waals surface area contributed by atoms with Gasteiger partial charge in [-0.3, -0.25) is 9.80 Å². The van der Waals surface area contributed by atoms with Gasteiger partial charge in [0.05, 0.1) is 12.3 Å². The van der Waals surface area contributed by atoms with E-state index in [0.717, 1.165) is 17.9 Å². The first-order valence-electron chi connectivity index (χ1n) is 11.9. The van der Waals surface area contributed by atoms with Gasteiger partial charge < -0.3 is 15.4 Å². The molecule has 5 rings (SSSR count). The first kappa shape index (κ1) is 24.4. The van der Waals surface area contributed by atoms with E-state index in [9.17, 15) is 4.79 Å². The molecule has 2 N–H and O–H groups in total. The number of rotatable bonds is 7.